The number of hydrogen-bond donors (Lipinski definition) is 2. The predicted octanol–water partition coefficient (Wildman–Crippen LogP) is 1.73. The maximum absolute atomic E-state index is 11.6. The Labute approximate surface area is 126 Å². The van der Waals surface area contributed by atoms with Crippen LogP contribution in [-0.2, 0) is 9.59 Å². The van der Waals surface area contributed by atoms with Gasteiger partial charge in [-0.1, -0.05) is 32.0 Å². The molecule has 0 aromatic heterocycles. The lowest BCUT2D eigenvalue weighted by Crippen LogP contribution is -2.36. The highest BCUT2D eigenvalue weighted by Crippen LogP contribution is 2.08. The van der Waals surface area contributed by atoms with E-state index in [0.29, 0.717) is 32.5 Å². The molecule has 1 aromatic carbocycles. The van der Waals surface area contributed by atoms with E-state index in [2.05, 4.69) is 10.6 Å². The van der Waals surface area contributed by atoms with Gasteiger partial charge < -0.3 is 15.4 Å². The predicted molar refractivity (Wildman–Crippen MR) is 82.0 cm³/mol. The van der Waals surface area contributed by atoms with Gasteiger partial charge in [-0.15, -0.1) is 0 Å². The highest BCUT2D eigenvalue weighted by molar-refractivity contribution is 5.78. The molecule has 0 atom stereocenters. The topological polar surface area (TPSA) is 67.4 Å². The van der Waals surface area contributed by atoms with E-state index in [-0.39, 0.29) is 17.7 Å². The van der Waals surface area contributed by atoms with Gasteiger partial charge in [0.1, 0.15) is 5.75 Å². The van der Waals surface area contributed by atoms with Crippen LogP contribution in [0.2, 0.25) is 0 Å². The van der Waals surface area contributed by atoms with Gasteiger partial charge in [-0.05, 0) is 18.6 Å². The summed E-state index contributed by atoms with van der Waals surface area (Å²) in [5, 5.41) is 5.51. The summed E-state index contributed by atoms with van der Waals surface area (Å²) in [7, 11) is 0. The molecule has 0 aliphatic heterocycles. The summed E-state index contributed by atoms with van der Waals surface area (Å²) >= 11 is 0. The van der Waals surface area contributed by atoms with Crippen LogP contribution in [0.3, 0.4) is 0 Å². The zero-order valence-electron chi connectivity index (χ0n) is 12.7. The normalized spacial score (nSPS) is 10.2. The second-order valence-electron chi connectivity index (χ2n) is 5.06. The van der Waals surface area contributed by atoms with E-state index in [4.69, 9.17) is 4.74 Å². The molecule has 2 amide bonds. The van der Waals surface area contributed by atoms with Crippen LogP contribution in [0.15, 0.2) is 30.3 Å². The number of nitrogens with one attached hydrogen (secondary N) is 2. The Morgan fingerprint density at radius 2 is 1.76 bits per heavy atom. The first kappa shape index (κ1) is 17.0. The first-order chi connectivity index (χ1) is 10.1. The van der Waals surface area contributed by atoms with Gasteiger partial charge in [0.05, 0.1) is 6.61 Å². The molecule has 0 aliphatic rings. The Hall–Kier alpha value is -2.04. The molecule has 2 N–H and O–H groups in total. The Kier molecular flexibility index (Phi) is 7.94. The molecule has 0 heterocycles. The molecule has 0 radical (unpaired) electrons. The SMILES string of the molecule is CC(C)C(=O)NCCNC(=O)CCCOc1ccccc1. The van der Waals surface area contributed by atoms with E-state index < -0.39 is 0 Å². The van der Waals surface area contributed by atoms with E-state index in [0.717, 1.165) is 5.75 Å². The molecule has 116 valence electrons. The molecule has 0 fully saturated rings. The van der Waals surface area contributed by atoms with Gasteiger partial charge in [0, 0.05) is 25.4 Å². The van der Waals surface area contributed by atoms with Gasteiger partial charge in [-0.25, -0.2) is 0 Å². The molecule has 21 heavy (non-hydrogen) atoms. The average Bonchev–Trinajstić information content (AvgIpc) is 2.49. The van der Waals surface area contributed by atoms with Crippen molar-refractivity contribution in [1.29, 1.82) is 0 Å². The van der Waals surface area contributed by atoms with Gasteiger partial charge in [0.2, 0.25) is 11.8 Å². The quantitative estimate of drug-likeness (QED) is 0.681. The molecule has 0 saturated carbocycles. The monoisotopic (exact) mass is 292 g/mol. The van der Waals surface area contributed by atoms with Crippen LogP contribution >= 0.6 is 0 Å². The molecule has 0 unspecified atom stereocenters. The van der Waals surface area contributed by atoms with Crippen LogP contribution in [0, 0.1) is 5.92 Å². The molecular formula is C16H24N2O3. The number of rotatable bonds is 9. The van der Waals surface area contributed by atoms with Crippen molar-refractivity contribution in [3.8, 4) is 5.75 Å². The summed E-state index contributed by atoms with van der Waals surface area (Å²) in [6, 6.07) is 9.52. The van der Waals surface area contributed by atoms with Crippen molar-refractivity contribution < 1.29 is 14.3 Å². The summed E-state index contributed by atoms with van der Waals surface area (Å²) in [5.41, 5.74) is 0. The van der Waals surface area contributed by atoms with Crippen molar-refractivity contribution in [2.75, 3.05) is 19.7 Å². The molecule has 5 heteroatoms. The van der Waals surface area contributed by atoms with Crippen molar-refractivity contribution in [3.63, 3.8) is 0 Å². The maximum atomic E-state index is 11.6. The number of para-hydroxylation sites is 1. The van der Waals surface area contributed by atoms with Crippen molar-refractivity contribution in [3.05, 3.63) is 30.3 Å². The van der Waals surface area contributed by atoms with E-state index in [9.17, 15) is 9.59 Å². The molecule has 5 nitrogen and oxygen atoms in total. The van der Waals surface area contributed by atoms with E-state index in [1.54, 1.807) is 0 Å². The Morgan fingerprint density at radius 1 is 1.10 bits per heavy atom. The second-order valence-corrected chi connectivity index (χ2v) is 5.06. The van der Waals surface area contributed by atoms with Gasteiger partial charge in [0.15, 0.2) is 0 Å². The van der Waals surface area contributed by atoms with Gasteiger partial charge in [-0.3, -0.25) is 9.59 Å². The third kappa shape index (κ3) is 7.97. The van der Waals surface area contributed by atoms with E-state index >= 15 is 0 Å². The molecule has 0 bridgehead atoms. The number of amides is 2. The third-order valence-electron chi connectivity index (χ3n) is 2.83. The summed E-state index contributed by atoms with van der Waals surface area (Å²) in [4.78, 5) is 22.8. The zero-order valence-corrected chi connectivity index (χ0v) is 12.7. The molecular weight excluding hydrogens is 268 g/mol. The highest BCUT2D eigenvalue weighted by atomic mass is 16.5. The minimum Gasteiger partial charge on any atom is -0.494 e. The van der Waals surface area contributed by atoms with Crippen molar-refractivity contribution in [2.45, 2.75) is 26.7 Å². The number of hydrogen-bond acceptors (Lipinski definition) is 3. The molecule has 0 saturated heterocycles. The summed E-state index contributed by atoms with van der Waals surface area (Å²) < 4.78 is 5.50. The standard InChI is InChI=1S/C16H24N2O3/c1-13(2)16(20)18-11-10-17-15(19)9-6-12-21-14-7-4-3-5-8-14/h3-5,7-8,13H,6,9-12H2,1-2H3,(H,17,19)(H,18,20). The Balaban J connectivity index is 2.00. The fraction of sp³-hybridized carbons (Fsp3) is 0.500. The van der Waals surface area contributed by atoms with Crippen LogP contribution in [0.4, 0.5) is 0 Å². The molecule has 0 aliphatic carbocycles. The summed E-state index contributed by atoms with van der Waals surface area (Å²) in [6.45, 7) is 5.10. The lowest BCUT2D eigenvalue weighted by atomic mass is 10.2. The Bertz CT molecular complexity index is 432. The van der Waals surface area contributed by atoms with Crippen LogP contribution in [0.25, 0.3) is 0 Å². The fourth-order valence-electron chi connectivity index (χ4n) is 1.62. The largest absolute Gasteiger partial charge is 0.494 e. The van der Waals surface area contributed by atoms with Crippen LogP contribution in [0.1, 0.15) is 26.7 Å². The maximum Gasteiger partial charge on any atom is 0.222 e. The van der Waals surface area contributed by atoms with Crippen molar-refractivity contribution >= 4 is 11.8 Å². The van der Waals surface area contributed by atoms with Crippen molar-refractivity contribution in [1.82, 2.24) is 10.6 Å². The molecule has 1 aromatic rings. The number of benzene rings is 1. The minimum absolute atomic E-state index is 0.000472. The van der Waals surface area contributed by atoms with Gasteiger partial charge >= 0.3 is 0 Å². The fourth-order valence-corrected chi connectivity index (χ4v) is 1.62. The number of ether oxygens (including phenoxy) is 1. The average molecular weight is 292 g/mol. The summed E-state index contributed by atoms with van der Waals surface area (Å²) in [6.07, 6.45) is 1.09. The van der Waals surface area contributed by atoms with Crippen LogP contribution in [-0.4, -0.2) is 31.5 Å². The smallest absolute Gasteiger partial charge is 0.222 e. The lowest BCUT2D eigenvalue weighted by molar-refractivity contribution is -0.124. The van der Waals surface area contributed by atoms with Gasteiger partial charge in [-0.2, -0.15) is 0 Å². The third-order valence-corrected chi connectivity index (χ3v) is 2.83. The Morgan fingerprint density at radius 3 is 2.43 bits per heavy atom. The molecule has 1 rings (SSSR count). The first-order valence-electron chi connectivity index (χ1n) is 7.32. The number of carbonyl (C=O) groups is 2. The van der Waals surface area contributed by atoms with Crippen LogP contribution in [0.5, 0.6) is 5.75 Å². The van der Waals surface area contributed by atoms with E-state index in [1.165, 1.54) is 0 Å². The molecule has 0 spiro atoms. The highest BCUT2D eigenvalue weighted by Gasteiger charge is 2.05. The minimum atomic E-state index is -0.0316. The zero-order chi connectivity index (χ0) is 15.5. The second kappa shape index (κ2) is 9.80. The van der Waals surface area contributed by atoms with Gasteiger partial charge in [0.25, 0.3) is 0 Å². The summed E-state index contributed by atoms with van der Waals surface area (Å²) in [5.74, 6) is 0.760. The number of carbonyl (C=O) groups excluding carboxylic acids is 2. The first-order valence-corrected chi connectivity index (χ1v) is 7.32. The van der Waals surface area contributed by atoms with Crippen molar-refractivity contribution in [2.24, 2.45) is 5.92 Å². The van der Waals surface area contributed by atoms with E-state index in [1.807, 2.05) is 44.2 Å². The lowest BCUT2D eigenvalue weighted by Gasteiger charge is -2.09. The van der Waals surface area contributed by atoms with Crippen LogP contribution < -0.4 is 15.4 Å².